The minimum Gasteiger partial charge on any atom is -0.383 e. The molecule has 0 unspecified atom stereocenters. The Morgan fingerprint density at radius 2 is 1.90 bits per heavy atom. The van der Waals surface area contributed by atoms with Crippen LogP contribution in [0, 0.1) is 0 Å². The fourth-order valence-corrected chi connectivity index (χ4v) is 3.02. The predicted octanol–water partition coefficient (Wildman–Crippen LogP) is 4.74. The molecule has 0 bridgehead atoms. The molecule has 0 aliphatic rings. The van der Waals surface area contributed by atoms with E-state index in [1.165, 1.54) is 12.0 Å². The third-order valence-electron chi connectivity index (χ3n) is 4.46. The minimum absolute atomic E-state index is 0.147. The number of nitrogens with zero attached hydrogens (tertiary/aromatic N) is 3. The molecule has 0 spiro atoms. The number of carbonyl (C=O) groups is 1. The number of alkyl halides is 3. The zero-order chi connectivity index (χ0) is 22.4. The maximum Gasteiger partial charge on any atom is 0.416 e. The standard InChI is InChI=1S/C21H19ClF3N3O3/c1-30-12-11-28(20(29)14-5-7-16(8-6-14)21(23,24)25)10-9-18-26-19(27-31-18)15-3-2-4-17(22)13-15/h2-8,13H,9-12H2,1H3. The Hall–Kier alpha value is -2.91. The third kappa shape index (κ3) is 6.05. The number of carbonyl (C=O) groups excluding carboxylic acids is 1. The average molecular weight is 454 g/mol. The fraction of sp³-hybridized carbons (Fsp3) is 0.286. The quantitative estimate of drug-likeness (QED) is 0.493. The molecular formula is C21H19ClF3N3O3. The van der Waals surface area contributed by atoms with Gasteiger partial charge in [0.1, 0.15) is 0 Å². The summed E-state index contributed by atoms with van der Waals surface area (Å²) in [6.07, 6.45) is -4.19. The molecule has 0 saturated carbocycles. The van der Waals surface area contributed by atoms with Crippen molar-refractivity contribution in [2.75, 3.05) is 26.8 Å². The summed E-state index contributed by atoms with van der Waals surface area (Å²) in [5.74, 6) is 0.271. The lowest BCUT2D eigenvalue weighted by molar-refractivity contribution is -0.137. The number of amides is 1. The van der Waals surface area contributed by atoms with Crippen molar-refractivity contribution in [2.24, 2.45) is 0 Å². The highest BCUT2D eigenvalue weighted by Crippen LogP contribution is 2.29. The molecule has 3 aromatic rings. The molecular weight excluding hydrogens is 435 g/mol. The van der Waals surface area contributed by atoms with Gasteiger partial charge in [-0.1, -0.05) is 28.9 Å². The number of halogens is 4. The third-order valence-corrected chi connectivity index (χ3v) is 4.69. The summed E-state index contributed by atoms with van der Waals surface area (Å²) in [5.41, 5.74) is 0.0284. The Balaban J connectivity index is 1.69. The molecule has 0 aliphatic carbocycles. The highest BCUT2D eigenvalue weighted by Gasteiger charge is 2.30. The zero-order valence-electron chi connectivity index (χ0n) is 16.5. The van der Waals surface area contributed by atoms with Gasteiger partial charge in [0.25, 0.3) is 5.91 Å². The van der Waals surface area contributed by atoms with Gasteiger partial charge in [0.2, 0.25) is 11.7 Å². The van der Waals surface area contributed by atoms with Crippen LogP contribution in [0.3, 0.4) is 0 Å². The summed E-state index contributed by atoms with van der Waals surface area (Å²) in [5, 5.41) is 4.46. The normalized spacial score (nSPS) is 11.5. The lowest BCUT2D eigenvalue weighted by atomic mass is 10.1. The number of aromatic nitrogens is 2. The van der Waals surface area contributed by atoms with E-state index in [4.69, 9.17) is 20.9 Å². The molecule has 2 aromatic carbocycles. The van der Waals surface area contributed by atoms with E-state index in [9.17, 15) is 18.0 Å². The van der Waals surface area contributed by atoms with Crippen molar-refractivity contribution in [3.05, 3.63) is 70.6 Å². The van der Waals surface area contributed by atoms with Crippen molar-refractivity contribution in [3.63, 3.8) is 0 Å². The zero-order valence-corrected chi connectivity index (χ0v) is 17.3. The van der Waals surface area contributed by atoms with Crippen LogP contribution in [0.25, 0.3) is 11.4 Å². The van der Waals surface area contributed by atoms with E-state index in [2.05, 4.69) is 10.1 Å². The molecule has 0 fully saturated rings. The first kappa shape index (κ1) is 22.8. The number of hydrogen-bond acceptors (Lipinski definition) is 5. The molecule has 1 aromatic heterocycles. The number of rotatable bonds is 8. The molecule has 1 heterocycles. The first-order chi connectivity index (χ1) is 14.8. The smallest absolute Gasteiger partial charge is 0.383 e. The maximum atomic E-state index is 12.8. The minimum atomic E-state index is -4.46. The van der Waals surface area contributed by atoms with Gasteiger partial charge in [-0.05, 0) is 36.4 Å². The van der Waals surface area contributed by atoms with Crippen LogP contribution in [-0.4, -0.2) is 47.8 Å². The van der Waals surface area contributed by atoms with Crippen LogP contribution in [0.4, 0.5) is 13.2 Å². The Kier molecular flexibility index (Phi) is 7.29. The molecule has 3 rings (SSSR count). The van der Waals surface area contributed by atoms with Gasteiger partial charge in [-0.15, -0.1) is 0 Å². The van der Waals surface area contributed by atoms with E-state index >= 15 is 0 Å². The van der Waals surface area contributed by atoms with Crippen molar-refractivity contribution in [1.82, 2.24) is 15.0 Å². The van der Waals surface area contributed by atoms with Crippen LogP contribution in [-0.2, 0) is 17.3 Å². The molecule has 0 atom stereocenters. The highest BCUT2D eigenvalue weighted by atomic mass is 35.5. The predicted molar refractivity (Wildman–Crippen MR) is 108 cm³/mol. The maximum absolute atomic E-state index is 12.8. The Bertz CT molecular complexity index is 1020. The summed E-state index contributed by atoms with van der Waals surface area (Å²) in [7, 11) is 1.50. The molecule has 0 saturated heterocycles. The van der Waals surface area contributed by atoms with Crippen LogP contribution >= 0.6 is 11.6 Å². The summed E-state index contributed by atoms with van der Waals surface area (Å²) >= 11 is 5.98. The molecule has 6 nitrogen and oxygen atoms in total. The van der Waals surface area contributed by atoms with Crippen molar-refractivity contribution < 1.29 is 27.2 Å². The molecule has 0 N–H and O–H groups in total. The summed E-state index contributed by atoms with van der Waals surface area (Å²) in [6.45, 7) is 0.746. The Labute approximate surface area is 181 Å². The van der Waals surface area contributed by atoms with E-state index < -0.39 is 17.6 Å². The lowest BCUT2D eigenvalue weighted by Gasteiger charge is -2.22. The van der Waals surface area contributed by atoms with Crippen LogP contribution < -0.4 is 0 Å². The van der Waals surface area contributed by atoms with Crippen molar-refractivity contribution in [2.45, 2.75) is 12.6 Å². The highest BCUT2D eigenvalue weighted by molar-refractivity contribution is 6.30. The van der Waals surface area contributed by atoms with E-state index in [-0.39, 0.29) is 31.7 Å². The molecule has 31 heavy (non-hydrogen) atoms. The van der Waals surface area contributed by atoms with Crippen LogP contribution in [0.1, 0.15) is 21.8 Å². The van der Waals surface area contributed by atoms with Gasteiger partial charge in [0, 0.05) is 42.8 Å². The van der Waals surface area contributed by atoms with Crippen molar-refractivity contribution >= 4 is 17.5 Å². The monoisotopic (exact) mass is 453 g/mol. The second-order valence-corrected chi connectivity index (χ2v) is 7.07. The van der Waals surface area contributed by atoms with Gasteiger partial charge in [0.15, 0.2) is 0 Å². The van der Waals surface area contributed by atoms with Gasteiger partial charge in [-0.25, -0.2) is 0 Å². The average Bonchev–Trinajstić information content (AvgIpc) is 3.22. The molecule has 0 radical (unpaired) electrons. The van der Waals surface area contributed by atoms with E-state index in [0.29, 0.717) is 22.3 Å². The van der Waals surface area contributed by atoms with Crippen molar-refractivity contribution in [3.8, 4) is 11.4 Å². The number of methoxy groups -OCH3 is 1. The second-order valence-electron chi connectivity index (χ2n) is 6.63. The fourth-order valence-electron chi connectivity index (χ4n) is 2.83. The van der Waals surface area contributed by atoms with Gasteiger partial charge >= 0.3 is 6.18 Å². The lowest BCUT2D eigenvalue weighted by Crippen LogP contribution is -2.35. The van der Waals surface area contributed by atoms with Crippen LogP contribution in [0.2, 0.25) is 5.02 Å². The van der Waals surface area contributed by atoms with Crippen LogP contribution in [0.5, 0.6) is 0 Å². The number of ether oxygens (including phenoxy) is 1. The summed E-state index contributed by atoms with van der Waals surface area (Å²) < 4.78 is 48.6. The SMILES string of the molecule is COCCN(CCc1nc(-c2cccc(Cl)c2)no1)C(=O)c1ccc(C(F)(F)F)cc1. The van der Waals surface area contributed by atoms with Crippen molar-refractivity contribution in [1.29, 1.82) is 0 Å². The summed E-state index contributed by atoms with van der Waals surface area (Å²) in [6, 6.07) is 11.1. The second kappa shape index (κ2) is 9.93. The first-order valence-corrected chi connectivity index (χ1v) is 9.69. The molecule has 1 amide bonds. The number of benzene rings is 2. The van der Waals surface area contributed by atoms with Gasteiger partial charge in [0.05, 0.1) is 12.2 Å². The number of hydrogen-bond donors (Lipinski definition) is 0. The Morgan fingerprint density at radius 3 is 2.55 bits per heavy atom. The largest absolute Gasteiger partial charge is 0.416 e. The van der Waals surface area contributed by atoms with E-state index in [1.54, 1.807) is 24.3 Å². The summed E-state index contributed by atoms with van der Waals surface area (Å²) in [4.78, 5) is 18.6. The van der Waals surface area contributed by atoms with Gasteiger partial charge in [-0.2, -0.15) is 18.2 Å². The molecule has 0 aliphatic heterocycles. The molecule has 164 valence electrons. The Morgan fingerprint density at radius 1 is 1.16 bits per heavy atom. The van der Waals surface area contributed by atoms with Crippen LogP contribution in [0.15, 0.2) is 53.1 Å². The van der Waals surface area contributed by atoms with E-state index in [1.807, 2.05) is 0 Å². The topological polar surface area (TPSA) is 68.5 Å². The molecule has 10 heteroatoms. The van der Waals surface area contributed by atoms with E-state index in [0.717, 1.165) is 24.3 Å². The first-order valence-electron chi connectivity index (χ1n) is 9.32. The van der Waals surface area contributed by atoms with Gasteiger partial charge in [-0.3, -0.25) is 4.79 Å². The van der Waals surface area contributed by atoms with Gasteiger partial charge < -0.3 is 14.2 Å².